The maximum atomic E-state index is 11.3. The molecule has 1 aromatic carbocycles. The SMILES string of the molecule is COc1cccc(-c2nc(CO[C@@H]3CCC[C@H](COC(C)(C)C(=O)O)C3)c(C(C)C)o2)c1. The van der Waals surface area contributed by atoms with Crippen LogP contribution in [0.1, 0.15) is 70.8 Å². The Kier molecular flexibility index (Phi) is 7.96. The minimum atomic E-state index is -1.17. The first-order valence-corrected chi connectivity index (χ1v) is 11.3. The minimum Gasteiger partial charge on any atom is -0.497 e. The van der Waals surface area contributed by atoms with Gasteiger partial charge in [0.2, 0.25) is 5.89 Å². The Morgan fingerprint density at radius 2 is 2.09 bits per heavy atom. The van der Waals surface area contributed by atoms with Gasteiger partial charge >= 0.3 is 5.97 Å². The van der Waals surface area contributed by atoms with E-state index >= 15 is 0 Å². The third-order valence-electron chi connectivity index (χ3n) is 5.95. The summed E-state index contributed by atoms with van der Waals surface area (Å²) in [6, 6.07) is 7.67. The van der Waals surface area contributed by atoms with E-state index in [0.29, 0.717) is 25.0 Å². The molecule has 0 spiro atoms. The number of rotatable bonds is 10. The van der Waals surface area contributed by atoms with Crippen molar-refractivity contribution in [3.8, 4) is 17.2 Å². The van der Waals surface area contributed by atoms with Crippen molar-refractivity contribution in [1.82, 2.24) is 4.98 Å². The van der Waals surface area contributed by atoms with Crippen LogP contribution in [-0.2, 0) is 20.9 Å². The van der Waals surface area contributed by atoms with E-state index in [0.717, 1.165) is 48.5 Å². The fourth-order valence-corrected chi connectivity index (χ4v) is 3.93. The zero-order valence-corrected chi connectivity index (χ0v) is 19.7. The van der Waals surface area contributed by atoms with E-state index < -0.39 is 11.6 Å². The van der Waals surface area contributed by atoms with Crippen LogP contribution in [-0.4, -0.2) is 41.5 Å². The van der Waals surface area contributed by atoms with Crippen LogP contribution < -0.4 is 4.74 Å². The molecule has 0 bridgehead atoms. The molecule has 0 radical (unpaired) electrons. The minimum absolute atomic E-state index is 0.0993. The van der Waals surface area contributed by atoms with E-state index in [-0.39, 0.29) is 12.0 Å². The van der Waals surface area contributed by atoms with Crippen molar-refractivity contribution in [2.45, 2.75) is 77.6 Å². The Morgan fingerprint density at radius 3 is 2.78 bits per heavy atom. The summed E-state index contributed by atoms with van der Waals surface area (Å²) in [4.78, 5) is 16.0. The van der Waals surface area contributed by atoms with Crippen molar-refractivity contribution in [3.63, 3.8) is 0 Å². The molecular weight excluding hydrogens is 410 g/mol. The molecule has 7 nitrogen and oxygen atoms in total. The molecule has 1 saturated carbocycles. The second-order valence-corrected chi connectivity index (χ2v) is 9.31. The molecule has 1 aliphatic rings. The van der Waals surface area contributed by atoms with Gasteiger partial charge in [0.05, 0.1) is 26.4 Å². The van der Waals surface area contributed by atoms with Crippen LogP contribution in [0.3, 0.4) is 0 Å². The largest absolute Gasteiger partial charge is 0.497 e. The molecule has 176 valence electrons. The summed E-state index contributed by atoms with van der Waals surface area (Å²) in [6.45, 7) is 8.16. The quantitative estimate of drug-likeness (QED) is 0.521. The number of aliphatic carboxylic acids is 1. The number of benzene rings is 1. The fourth-order valence-electron chi connectivity index (χ4n) is 3.93. The smallest absolute Gasteiger partial charge is 0.335 e. The van der Waals surface area contributed by atoms with Gasteiger partial charge in [-0.15, -0.1) is 0 Å². The van der Waals surface area contributed by atoms with E-state index in [2.05, 4.69) is 13.8 Å². The highest BCUT2D eigenvalue weighted by Crippen LogP contribution is 2.32. The topological polar surface area (TPSA) is 91.0 Å². The van der Waals surface area contributed by atoms with Crippen LogP contribution in [0.25, 0.3) is 11.5 Å². The predicted molar refractivity (Wildman–Crippen MR) is 121 cm³/mol. The second kappa shape index (κ2) is 10.5. The van der Waals surface area contributed by atoms with Gasteiger partial charge in [0.15, 0.2) is 5.60 Å². The van der Waals surface area contributed by atoms with Gasteiger partial charge in [0.1, 0.15) is 17.2 Å². The maximum Gasteiger partial charge on any atom is 0.335 e. The van der Waals surface area contributed by atoms with Crippen LogP contribution >= 0.6 is 0 Å². The predicted octanol–water partition coefficient (Wildman–Crippen LogP) is 5.43. The average Bonchev–Trinajstić information content (AvgIpc) is 3.21. The van der Waals surface area contributed by atoms with Crippen molar-refractivity contribution in [3.05, 3.63) is 35.7 Å². The third kappa shape index (κ3) is 6.11. The Morgan fingerprint density at radius 1 is 1.31 bits per heavy atom. The summed E-state index contributed by atoms with van der Waals surface area (Å²) in [5, 5.41) is 9.24. The van der Waals surface area contributed by atoms with Crippen molar-refractivity contribution in [2.75, 3.05) is 13.7 Å². The first-order chi connectivity index (χ1) is 15.2. The number of carbonyl (C=O) groups is 1. The summed E-state index contributed by atoms with van der Waals surface area (Å²) in [5.41, 5.74) is 0.522. The average molecular weight is 446 g/mol. The summed E-state index contributed by atoms with van der Waals surface area (Å²) in [6.07, 6.45) is 4.00. The molecule has 1 aliphatic carbocycles. The standard InChI is InChI=1S/C25H35NO6/c1-16(2)22-21(26-23(32-22)18-9-7-10-19(13-18)29-5)15-30-20-11-6-8-17(12-20)14-31-25(3,4)24(27)28/h7,9-10,13,16-17,20H,6,8,11-12,14-15H2,1-5H3,(H,27,28)/t17-,20+/m0/s1. The molecule has 0 saturated heterocycles. The van der Waals surface area contributed by atoms with E-state index in [9.17, 15) is 9.90 Å². The lowest BCUT2D eigenvalue weighted by Crippen LogP contribution is -2.37. The summed E-state index contributed by atoms with van der Waals surface area (Å²) >= 11 is 0. The number of methoxy groups -OCH3 is 1. The van der Waals surface area contributed by atoms with Crippen LogP contribution in [0.2, 0.25) is 0 Å². The zero-order chi connectivity index (χ0) is 23.3. The van der Waals surface area contributed by atoms with Gasteiger partial charge in [0.25, 0.3) is 0 Å². The Labute approximate surface area is 190 Å². The van der Waals surface area contributed by atoms with E-state index in [1.807, 2.05) is 24.3 Å². The summed E-state index contributed by atoms with van der Waals surface area (Å²) in [5.74, 6) is 1.69. The molecule has 1 heterocycles. The van der Waals surface area contributed by atoms with Crippen molar-refractivity contribution < 1.29 is 28.5 Å². The van der Waals surface area contributed by atoms with Crippen molar-refractivity contribution >= 4 is 5.97 Å². The molecule has 0 amide bonds. The van der Waals surface area contributed by atoms with Gasteiger partial charge in [0, 0.05) is 11.5 Å². The second-order valence-electron chi connectivity index (χ2n) is 9.31. The van der Waals surface area contributed by atoms with Gasteiger partial charge in [-0.1, -0.05) is 26.3 Å². The maximum absolute atomic E-state index is 11.3. The van der Waals surface area contributed by atoms with Crippen LogP contribution in [0.5, 0.6) is 5.75 Å². The molecule has 32 heavy (non-hydrogen) atoms. The lowest BCUT2D eigenvalue weighted by Gasteiger charge is -2.31. The normalized spacial score (nSPS) is 19.3. The monoisotopic (exact) mass is 445 g/mol. The number of carboxylic acid groups (broad SMARTS) is 1. The molecule has 1 fully saturated rings. The number of hydrogen-bond donors (Lipinski definition) is 1. The molecular formula is C25H35NO6. The lowest BCUT2D eigenvalue weighted by atomic mass is 9.87. The molecule has 3 rings (SSSR count). The van der Waals surface area contributed by atoms with E-state index in [4.69, 9.17) is 23.6 Å². The highest BCUT2D eigenvalue weighted by Gasteiger charge is 2.31. The molecule has 0 unspecified atom stereocenters. The highest BCUT2D eigenvalue weighted by molar-refractivity contribution is 5.76. The Bertz CT molecular complexity index is 904. The lowest BCUT2D eigenvalue weighted by molar-refractivity contribution is -0.163. The fraction of sp³-hybridized carbons (Fsp3) is 0.600. The summed E-state index contributed by atoms with van der Waals surface area (Å²) in [7, 11) is 1.64. The van der Waals surface area contributed by atoms with Crippen molar-refractivity contribution in [2.24, 2.45) is 5.92 Å². The van der Waals surface area contributed by atoms with Crippen molar-refractivity contribution in [1.29, 1.82) is 0 Å². The molecule has 2 aromatic rings. The molecule has 0 aliphatic heterocycles. The third-order valence-corrected chi connectivity index (χ3v) is 5.95. The number of oxazole rings is 1. The number of hydrogen-bond acceptors (Lipinski definition) is 6. The van der Waals surface area contributed by atoms with Gasteiger partial charge < -0.3 is 23.7 Å². The van der Waals surface area contributed by atoms with E-state index in [1.54, 1.807) is 21.0 Å². The number of aromatic nitrogens is 1. The molecule has 1 N–H and O–H groups in total. The first kappa shape index (κ1) is 24.3. The van der Waals surface area contributed by atoms with Gasteiger partial charge in [-0.2, -0.15) is 0 Å². The zero-order valence-electron chi connectivity index (χ0n) is 19.7. The number of ether oxygens (including phenoxy) is 3. The number of nitrogens with zero attached hydrogens (tertiary/aromatic N) is 1. The van der Waals surface area contributed by atoms with Crippen LogP contribution in [0.4, 0.5) is 0 Å². The Balaban J connectivity index is 1.63. The van der Waals surface area contributed by atoms with Crippen LogP contribution in [0.15, 0.2) is 28.7 Å². The van der Waals surface area contributed by atoms with Gasteiger partial charge in [-0.05, 0) is 57.2 Å². The Hall–Kier alpha value is -2.38. The van der Waals surface area contributed by atoms with Gasteiger partial charge in [-0.3, -0.25) is 0 Å². The molecule has 7 heteroatoms. The van der Waals surface area contributed by atoms with Crippen LogP contribution in [0, 0.1) is 5.92 Å². The number of carboxylic acids is 1. The summed E-state index contributed by atoms with van der Waals surface area (Å²) < 4.78 is 23.3. The first-order valence-electron chi connectivity index (χ1n) is 11.3. The highest BCUT2D eigenvalue weighted by atomic mass is 16.5. The molecule has 2 atom stereocenters. The van der Waals surface area contributed by atoms with Gasteiger partial charge in [-0.25, -0.2) is 9.78 Å². The molecule has 1 aromatic heterocycles. The van der Waals surface area contributed by atoms with E-state index in [1.165, 1.54) is 0 Å².